The molecule has 1 aliphatic rings. The summed E-state index contributed by atoms with van der Waals surface area (Å²) >= 11 is 1.68. The van der Waals surface area contributed by atoms with E-state index in [2.05, 4.69) is 49.8 Å². The highest BCUT2D eigenvalue weighted by atomic mass is 32.1. The van der Waals surface area contributed by atoms with Gasteiger partial charge in [0.25, 0.3) is 0 Å². The second kappa shape index (κ2) is 5.63. The first-order chi connectivity index (χ1) is 8.92. The highest BCUT2D eigenvalue weighted by Crippen LogP contribution is 2.31. The number of rotatable bonds is 4. The van der Waals surface area contributed by atoms with E-state index in [1.54, 1.807) is 11.3 Å². The standard InChI is InChI=1S/C15H24N2OS/c1-5-6-12-14(18)17(10-15(2,3)4)13(16-12)11-7-8-19-9-11/h7-9,12-13,16H,5-6,10H2,1-4H3. The molecule has 0 aliphatic carbocycles. The molecule has 19 heavy (non-hydrogen) atoms. The largest absolute Gasteiger partial charge is 0.321 e. The lowest BCUT2D eigenvalue weighted by molar-refractivity contribution is -0.131. The number of hydrogen-bond acceptors (Lipinski definition) is 3. The molecule has 1 N–H and O–H groups in total. The molecule has 3 nitrogen and oxygen atoms in total. The number of nitrogens with zero attached hydrogens (tertiary/aromatic N) is 1. The first kappa shape index (κ1) is 14.5. The molecular weight excluding hydrogens is 256 g/mol. The third kappa shape index (κ3) is 3.37. The summed E-state index contributed by atoms with van der Waals surface area (Å²) in [6.07, 6.45) is 2.00. The van der Waals surface area contributed by atoms with Gasteiger partial charge >= 0.3 is 0 Å². The van der Waals surface area contributed by atoms with Gasteiger partial charge < -0.3 is 4.90 Å². The molecule has 2 heterocycles. The summed E-state index contributed by atoms with van der Waals surface area (Å²) in [7, 11) is 0. The highest BCUT2D eigenvalue weighted by molar-refractivity contribution is 7.07. The highest BCUT2D eigenvalue weighted by Gasteiger charge is 2.40. The molecular formula is C15H24N2OS. The summed E-state index contributed by atoms with van der Waals surface area (Å²) in [4.78, 5) is 14.6. The van der Waals surface area contributed by atoms with Crippen molar-refractivity contribution in [2.45, 2.75) is 52.7 Å². The number of hydrogen-bond donors (Lipinski definition) is 1. The monoisotopic (exact) mass is 280 g/mol. The van der Waals surface area contributed by atoms with Gasteiger partial charge in [0.2, 0.25) is 5.91 Å². The predicted molar refractivity (Wildman–Crippen MR) is 80.1 cm³/mol. The number of carbonyl (C=O) groups is 1. The Morgan fingerprint density at radius 1 is 1.42 bits per heavy atom. The van der Waals surface area contributed by atoms with Gasteiger partial charge in [0.1, 0.15) is 6.17 Å². The Morgan fingerprint density at radius 2 is 2.16 bits per heavy atom. The third-order valence-corrected chi connectivity index (χ3v) is 4.03. The van der Waals surface area contributed by atoms with Gasteiger partial charge in [-0.2, -0.15) is 11.3 Å². The lowest BCUT2D eigenvalue weighted by atomic mass is 9.95. The Kier molecular flexibility index (Phi) is 4.31. The average Bonchev–Trinajstić information content (AvgIpc) is 2.91. The summed E-state index contributed by atoms with van der Waals surface area (Å²) in [6.45, 7) is 9.45. The molecule has 0 saturated carbocycles. The van der Waals surface area contributed by atoms with Crippen LogP contribution in [0.1, 0.15) is 52.3 Å². The molecule has 106 valence electrons. The lowest BCUT2D eigenvalue weighted by Gasteiger charge is -2.30. The fourth-order valence-electron chi connectivity index (χ4n) is 2.56. The summed E-state index contributed by atoms with van der Waals surface area (Å²) in [5, 5.41) is 7.71. The zero-order chi connectivity index (χ0) is 14.0. The SMILES string of the molecule is CCCC1NC(c2ccsc2)N(CC(C)(C)C)C1=O. The molecule has 0 aromatic carbocycles. The molecule has 2 rings (SSSR count). The van der Waals surface area contributed by atoms with Crippen LogP contribution in [0.5, 0.6) is 0 Å². The van der Waals surface area contributed by atoms with Gasteiger partial charge in [0.05, 0.1) is 6.04 Å². The first-order valence-corrected chi connectivity index (χ1v) is 7.95. The quantitative estimate of drug-likeness (QED) is 0.917. The van der Waals surface area contributed by atoms with Crippen molar-refractivity contribution < 1.29 is 4.79 Å². The molecule has 2 unspecified atom stereocenters. The molecule has 2 atom stereocenters. The van der Waals surface area contributed by atoms with E-state index in [0.717, 1.165) is 19.4 Å². The van der Waals surface area contributed by atoms with Crippen LogP contribution in [0, 0.1) is 5.41 Å². The summed E-state index contributed by atoms with van der Waals surface area (Å²) < 4.78 is 0. The van der Waals surface area contributed by atoms with Gasteiger partial charge in [-0.3, -0.25) is 10.1 Å². The van der Waals surface area contributed by atoms with E-state index in [1.807, 2.05) is 4.90 Å². The van der Waals surface area contributed by atoms with Gasteiger partial charge in [-0.1, -0.05) is 34.1 Å². The number of nitrogens with one attached hydrogen (secondary N) is 1. The fourth-order valence-corrected chi connectivity index (χ4v) is 3.24. The maximum atomic E-state index is 12.5. The van der Waals surface area contributed by atoms with Crippen LogP contribution in [0.25, 0.3) is 0 Å². The van der Waals surface area contributed by atoms with Gasteiger partial charge in [-0.25, -0.2) is 0 Å². The number of thiophene rings is 1. The van der Waals surface area contributed by atoms with Crippen molar-refractivity contribution in [1.29, 1.82) is 0 Å². The van der Waals surface area contributed by atoms with E-state index < -0.39 is 0 Å². The van der Waals surface area contributed by atoms with Crippen molar-refractivity contribution in [3.8, 4) is 0 Å². The normalized spacial score (nSPS) is 24.2. The first-order valence-electron chi connectivity index (χ1n) is 7.01. The van der Waals surface area contributed by atoms with Crippen molar-refractivity contribution in [3.63, 3.8) is 0 Å². The maximum absolute atomic E-state index is 12.5. The molecule has 4 heteroatoms. The number of amides is 1. The van der Waals surface area contributed by atoms with Crippen molar-refractivity contribution in [2.24, 2.45) is 5.41 Å². The molecule has 0 spiro atoms. The van der Waals surface area contributed by atoms with Gasteiger partial charge in [-0.15, -0.1) is 0 Å². The van der Waals surface area contributed by atoms with E-state index in [4.69, 9.17) is 0 Å². The van der Waals surface area contributed by atoms with Crippen LogP contribution in [-0.4, -0.2) is 23.4 Å². The minimum Gasteiger partial charge on any atom is -0.321 e. The summed E-state index contributed by atoms with van der Waals surface area (Å²) in [5.41, 5.74) is 1.33. The third-order valence-electron chi connectivity index (χ3n) is 3.33. The molecule has 1 aromatic rings. The van der Waals surface area contributed by atoms with Crippen molar-refractivity contribution in [2.75, 3.05) is 6.54 Å². The van der Waals surface area contributed by atoms with Crippen LogP contribution >= 0.6 is 11.3 Å². The Morgan fingerprint density at radius 3 is 2.68 bits per heavy atom. The Labute approximate surface area is 120 Å². The molecule has 0 radical (unpaired) electrons. The van der Waals surface area contributed by atoms with Crippen LogP contribution in [0.15, 0.2) is 16.8 Å². The molecule has 1 aliphatic heterocycles. The molecule has 1 amide bonds. The summed E-state index contributed by atoms with van der Waals surface area (Å²) in [5.74, 6) is 0.257. The molecule has 1 saturated heterocycles. The average molecular weight is 280 g/mol. The van der Waals surface area contributed by atoms with E-state index >= 15 is 0 Å². The molecule has 1 fully saturated rings. The summed E-state index contributed by atoms with van der Waals surface area (Å²) in [6, 6.07) is 2.09. The van der Waals surface area contributed by atoms with Gasteiger partial charge in [0, 0.05) is 6.54 Å². The van der Waals surface area contributed by atoms with Crippen molar-refractivity contribution in [3.05, 3.63) is 22.4 Å². The van der Waals surface area contributed by atoms with Gasteiger partial charge in [0.15, 0.2) is 0 Å². The van der Waals surface area contributed by atoms with Gasteiger partial charge in [-0.05, 0) is 34.2 Å². The molecule has 1 aromatic heterocycles. The second-order valence-corrected chi connectivity index (χ2v) is 7.27. The Bertz CT molecular complexity index is 422. The smallest absolute Gasteiger partial charge is 0.241 e. The number of carbonyl (C=O) groups excluding carboxylic acids is 1. The van der Waals surface area contributed by atoms with Crippen LogP contribution in [0.3, 0.4) is 0 Å². The van der Waals surface area contributed by atoms with E-state index in [1.165, 1.54) is 5.56 Å². The zero-order valence-corrected chi connectivity index (χ0v) is 13.1. The van der Waals surface area contributed by atoms with Crippen LogP contribution in [-0.2, 0) is 4.79 Å². The molecule has 0 bridgehead atoms. The Balaban J connectivity index is 2.21. The minimum absolute atomic E-state index is 0.0164. The second-order valence-electron chi connectivity index (χ2n) is 6.49. The van der Waals surface area contributed by atoms with Crippen molar-refractivity contribution >= 4 is 17.2 Å². The Hall–Kier alpha value is -0.870. The van der Waals surface area contributed by atoms with E-state index in [0.29, 0.717) is 0 Å². The topological polar surface area (TPSA) is 32.3 Å². The van der Waals surface area contributed by atoms with Crippen LogP contribution < -0.4 is 5.32 Å². The lowest BCUT2D eigenvalue weighted by Crippen LogP contribution is -2.37. The van der Waals surface area contributed by atoms with Crippen molar-refractivity contribution in [1.82, 2.24) is 10.2 Å². The maximum Gasteiger partial charge on any atom is 0.241 e. The predicted octanol–water partition coefficient (Wildman–Crippen LogP) is 3.39. The van der Waals surface area contributed by atoms with E-state index in [-0.39, 0.29) is 23.5 Å². The minimum atomic E-state index is -0.0164. The fraction of sp³-hybridized carbons (Fsp3) is 0.667. The zero-order valence-electron chi connectivity index (χ0n) is 12.3. The van der Waals surface area contributed by atoms with Crippen LogP contribution in [0.4, 0.5) is 0 Å². The van der Waals surface area contributed by atoms with Crippen LogP contribution in [0.2, 0.25) is 0 Å². The van der Waals surface area contributed by atoms with E-state index in [9.17, 15) is 4.79 Å².